The van der Waals surface area contributed by atoms with Crippen LogP contribution in [0.15, 0.2) is 60.7 Å². The van der Waals surface area contributed by atoms with Crippen molar-refractivity contribution in [3.05, 3.63) is 60.7 Å². The molecule has 0 unspecified atom stereocenters. The first-order valence-electron chi connectivity index (χ1n) is 6.69. The second kappa shape index (κ2) is 7.19. The summed E-state index contributed by atoms with van der Waals surface area (Å²) in [7, 11) is 0. The van der Waals surface area contributed by atoms with Crippen molar-refractivity contribution in [1.82, 2.24) is 0 Å². The molecular formula is C16H18N2Se2. The Morgan fingerprint density at radius 3 is 1.25 bits per heavy atom. The molecule has 104 valence electrons. The molecule has 0 atom stereocenters. The molecule has 2 aromatic rings. The van der Waals surface area contributed by atoms with Crippen molar-refractivity contribution in [2.24, 2.45) is 0 Å². The molecule has 3 rings (SSSR count). The van der Waals surface area contributed by atoms with Crippen molar-refractivity contribution in [2.45, 2.75) is 0 Å². The number of anilines is 2. The van der Waals surface area contributed by atoms with E-state index in [0.717, 1.165) is 0 Å². The minimum atomic E-state index is 0.641. The van der Waals surface area contributed by atoms with E-state index in [1.165, 1.54) is 33.1 Å². The molecule has 0 spiro atoms. The van der Waals surface area contributed by atoms with Gasteiger partial charge < -0.3 is 0 Å². The summed E-state index contributed by atoms with van der Waals surface area (Å²) in [5.41, 5.74) is 7.68. The van der Waals surface area contributed by atoms with Crippen LogP contribution in [0, 0.1) is 0 Å². The van der Waals surface area contributed by atoms with Crippen molar-refractivity contribution >= 4 is 41.3 Å². The normalized spacial score (nSPS) is 16.6. The first-order valence-corrected chi connectivity index (χ1v) is 11.5. The van der Waals surface area contributed by atoms with E-state index in [4.69, 9.17) is 0 Å². The number of hydrogen-bond acceptors (Lipinski definition) is 2. The SMILES string of the molecule is c1ccc(N2C[Se]CN(c3ccccc3)C[Se]C2)cc1. The third kappa shape index (κ3) is 3.59. The van der Waals surface area contributed by atoms with E-state index in [9.17, 15) is 0 Å². The molecule has 1 fully saturated rings. The number of hydrogen-bond donors (Lipinski definition) is 0. The Kier molecular flexibility index (Phi) is 5.05. The molecule has 1 saturated heterocycles. The van der Waals surface area contributed by atoms with Gasteiger partial charge in [-0.1, -0.05) is 0 Å². The van der Waals surface area contributed by atoms with E-state index in [-0.39, 0.29) is 0 Å². The van der Waals surface area contributed by atoms with Crippen LogP contribution in [0.2, 0.25) is 0 Å². The van der Waals surface area contributed by atoms with Crippen LogP contribution in [0.3, 0.4) is 0 Å². The van der Waals surface area contributed by atoms with Crippen LogP contribution in [0.25, 0.3) is 0 Å². The first-order chi connectivity index (χ1) is 9.93. The molecule has 1 aliphatic rings. The fourth-order valence-electron chi connectivity index (χ4n) is 2.17. The summed E-state index contributed by atoms with van der Waals surface area (Å²) in [4.78, 5) is 5.14. The summed E-state index contributed by atoms with van der Waals surface area (Å²) in [5.74, 6) is 0. The zero-order valence-electron chi connectivity index (χ0n) is 11.3. The van der Waals surface area contributed by atoms with E-state index in [1.807, 2.05) is 0 Å². The molecule has 1 aliphatic heterocycles. The molecule has 0 bridgehead atoms. The van der Waals surface area contributed by atoms with Crippen LogP contribution < -0.4 is 9.80 Å². The van der Waals surface area contributed by atoms with Crippen molar-refractivity contribution in [1.29, 1.82) is 0 Å². The maximum atomic E-state index is 2.57. The Hall–Kier alpha value is -0.921. The van der Waals surface area contributed by atoms with Gasteiger partial charge in [-0.3, -0.25) is 0 Å². The van der Waals surface area contributed by atoms with Crippen molar-refractivity contribution < 1.29 is 0 Å². The summed E-state index contributed by atoms with van der Waals surface area (Å²) in [6, 6.07) is 21.7. The zero-order chi connectivity index (χ0) is 13.6. The summed E-state index contributed by atoms with van der Waals surface area (Å²) in [5, 5.41) is 0. The molecule has 4 heteroatoms. The van der Waals surface area contributed by atoms with Gasteiger partial charge in [-0.05, 0) is 0 Å². The number of para-hydroxylation sites is 2. The standard InChI is InChI=1S/C16H18N2Se2/c1-3-7-15(8-4-1)17-11-19-13-18(14-20-12-17)16-9-5-2-6-10-16/h1-10H,11-14H2. The van der Waals surface area contributed by atoms with Gasteiger partial charge in [0.05, 0.1) is 0 Å². The van der Waals surface area contributed by atoms with Crippen LogP contribution in [0.4, 0.5) is 11.4 Å². The number of nitrogens with zero attached hydrogens (tertiary/aromatic N) is 2. The van der Waals surface area contributed by atoms with Crippen LogP contribution in [0.1, 0.15) is 0 Å². The Balaban J connectivity index is 1.62. The van der Waals surface area contributed by atoms with Gasteiger partial charge in [0.2, 0.25) is 0 Å². The van der Waals surface area contributed by atoms with Gasteiger partial charge in [-0.2, -0.15) is 0 Å². The van der Waals surface area contributed by atoms with Gasteiger partial charge in [-0.15, -0.1) is 0 Å². The van der Waals surface area contributed by atoms with E-state index < -0.39 is 0 Å². The fraction of sp³-hybridized carbons (Fsp3) is 0.250. The molecule has 0 aromatic heterocycles. The fourth-order valence-corrected chi connectivity index (χ4v) is 7.55. The van der Waals surface area contributed by atoms with E-state index >= 15 is 0 Å². The van der Waals surface area contributed by atoms with Gasteiger partial charge in [0.15, 0.2) is 0 Å². The third-order valence-electron chi connectivity index (χ3n) is 3.23. The number of rotatable bonds is 2. The average Bonchev–Trinajstić information content (AvgIpc) is 2.49. The van der Waals surface area contributed by atoms with E-state index in [0.29, 0.717) is 29.9 Å². The van der Waals surface area contributed by atoms with Crippen LogP contribution in [0.5, 0.6) is 0 Å². The first kappa shape index (κ1) is 14.0. The van der Waals surface area contributed by atoms with Crippen molar-refractivity contribution in [2.75, 3.05) is 31.6 Å². The third-order valence-corrected chi connectivity index (χ3v) is 7.38. The number of benzene rings is 2. The topological polar surface area (TPSA) is 6.48 Å². The van der Waals surface area contributed by atoms with Gasteiger partial charge in [0.1, 0.15) is 0 Å². The van der Waals surface area contributed by atoms with E-state index in [2.05, 4.69) is 70.5 Å². The predicted octanol–water partition coefficient (Wildman–Crippen LogP) is 2.25. The van der Waals surface area contributed by atoms with Crippen LogP contribution in [-0.4, -0.2) is 51.7 Å². The van der Waals surface area contributed by atoms with Crippen molar-refractivity contribution in [3.8, 4) is 0 Å². The molecule has 0 aliphatic carbocycles. The Labute approximate surface area is 133 Å². The molecule has 2 nitrogen and oxygen atoms in total. The second-order valence-corrected chi connectivity index (χ2v) is 8.56. The molecule has 0 amide bonds. The van der Waals surface area contributed by atoms with Gasteiger partial charge in [0.25, 0.3) is 0 Å². The summed E-state index contributed by atoms with van der Waals surface area (Å²) < 4.78 is 0. The summed E-state index contributed by atoms with van der Waals surface area (Å²) >= 11 is 1.28. The van der Waals surface area contributed by atoms with Crippen molar-refractivity contribution in [3.63, 3.8) is 0 Å². The Morgan fingerprint density at radius 1 is 0.550 bits per heavy atom. The maximum absolute atomic E-state index is 2.57. The molecule has 2 aromatic carbocycles. The zero-order valence-corrected chi connectivity index (χ0v) is 14.7. The van der Waals surface area contributed by atoms with E-state index in [1.54, 1.807) is 0 Å². The predicted molar refractivity (Wildman–Crippen MR) is 88.8 cm³/mol. The molecule has 0 saturated carbocycles. The molecular weight excluding hydrogens is 378 g/mol. The molecule has 0 N–H and O–H groups in total. The summed E-state index contributed by atoms with van der Waals surface area (Å²) in [6.45, 7) is 0. The molecule has 1 heterocycles. The Morgan fingerprint density at radius 2 is 0.900 bits per heavy atom. The minimum absolute atomic E-state index is 0.641. The summed E-state index contributed by atoms with van der Waals surface area (Å²) in [6.07, 6.45) is 0. The van der Waals surface area contributed by atoms with Gasteiger partial charge in [-0.25, -0.2) is 0 Å². The quantitative estimate of drug-likeness (QED) is 0.719. The molecule has 0 radical (unpaired) electrons. The van der Waals surface area contributed by atoms with Gasteiger partial charge >= 0.3 is 134 Å². The monoisotopic (exact) mass is 398 g/mol. The Bertz CT molecular complexity index is 461. The van der Waals surface area contributed by atoms with Gasteiger partial charge in [0, 0.05) is 0 Å². The van der Waals surface area contributed by atoms with Crippen LogP contribution >= 0.6 is 0 Å². The van der Waals surface area contributed by atoms with Crippen LogP contribution in [-0.2, 0) is 0 Å². The second-order valence-electron chi connectivity index (χ2n) is 4.68. The average molecular weight is 396 g/mol. The molecule has 20 heavy (non-hydrogen) atoms.